The molecule has 2 rings (SSSR count). The van der Waals surface area contributed by atoms with E-state index in [2.05, 4.69) is 5.32 Å². The van der Waals surface area contributed by atoms with Crippen molar-refractivity contribution in [2.75, 3.05) is 0 Å². The van der Waals surface area contributed by atoms with Crippen LogP contribution >= 0.6 is 0 Å². The van der Waals surface area contributed by atoms with Crippen molar-refractivity contribution in [3.05, 3.63) is 47.5 Å². The second kappa shape index (κ2) is 7.53. The zero-order valence-corrected chi connectivity index (χ0v) is 13.3. The minimum absolute atomic E-state index is 0.00368. The molecule has 0 aromatic heterocycles. The lowest BCUT2D eigenvalue weighted by atomic mass is 9.87. The fourth-order valence-corrected chi connectivity index (χ4v) is 2.61. The Labute approximate surface area is 136 Å². The largest absolute Gasteiger partial charge is 0.389 e. The van der Waals surface area contributed by atoms with Gasteiger partial charge in [0.15, 0.2) is 5.78 Å². The number of carbonyl (C=O) groups excluding carboxylic acids is 2. The molecule has 0 saturated carbocycles. The van der Waals surface area contributed by atoms with Crippen LogP contribution in [-0.2, 0) is 11.3 Å². The summed E-state index contributed by atoms with van der Waals surface area (Å²) < 4.78 is 0. The van der Waals surface area contributed by atoms with Gasteiger partial charge in [0, 0.05) is 12.1 Å². The molecule has 5 nitrogen and oxygen atoms in total. The lowest BCUT2D eigenvalue weighted by Gasteiger charge is -2.28. The van der Waals surface area contributed by atoms with Crippen LogP contribution in [-0.4, -0.2) is 33.6 Å². The molecule has 1 aliphatic rings. The van der Waals surface area contributed by atoms with Crippen LogP contribution in [0.2, 0.25) is 0 Å². The van der Waals surface area contributed by atoms with Gasteiger partial charge in [-0.3, -0.25) is 9.59 Å². The van der Waals surface area contributed by atoms with Gasteiger partial charge in [0.25, 0.3) is 5.91 Å². The number of nitrogens with one attached hydrogen (secondary N) is 1. The molecular formula is C18H23NO4. The van der Waals surface area contributed by atoms with Gasteiger partial charge in [0.2, 0.25) is 0 Å². The van der Waals surface area contributed by atoms with Crippen LogP contribution in [0, 0.1) is 0 Å². The molecule has 1 aliphatic carbocycles. The number of carbonyl (C=O) groups is 2. The van der Waals surface area contributed by atoms with Crippen LogP contribution < -0.4 is 5.32 Å². The van der Waals surface area contributed by atoms with E-state index in [-0.39, 0.29) is 18.7 Å². The third-order valence-electron chi connectivity index (χ3n) is 4.17. The number of allylic oxidation sites excluding steroid dienone is 1. The minimum atomic E-state index is -1.45. The predicted molar refractivity (Wildman–Crippen MR) is 86.9 cm³/mol. The highest BCUT2D eigenvalue weighted by Crippen LogP contribution is 2.24. The summed E-state index contributed by atoms with van der Waals surface area (Å²) in [5.41, 5.74) is 0.0302. The number of aliphatic hydroxyl groups is 2. The molecule has 124 valence electrons. The van der Waals surface area contributed by atoms with E-state index >= 15 is 0 Å². The SMILES string of the molecule is CC(=O)c1ccc(CNC(=O)[C@]2(O)CC/C=C/[C@H](O)CC2)cc1. The lowest BCUT2D eigenvalue weighted by molar-refractivity contribution is -0.142. The molecular weight excluding hydrogens is 294 g/mol. The van der Waals surface area contributed by atoms with E-state index in [9.17, 15) is 19.8 Å². The fraction of sp³-hybridized carbons (Fsp3) is 0.444. The zero-order valence-electron chi connectivity index (χ0n) is 13.3. The molecule has 0 radical (unpaired) electrons. The van der Waals surface area contributed by atoms with Gasteiger partial charge in [0.1, 0.15) is 5.60 Å². The molecule has 0 bridgehead atoms. The standard InChI is InChI=1S/C18H23NO4/c1-13(20)15-7-5-14(6-8-15)12-19-17(22)18(23)10-3-2-4-16(21)9-11-18/h2,4-8,16,21,23H,3,9-12H2,1H3,(H,19,22)/b4-2+/t16-,18-/m0/s1. The number of benzene rings is 1. The highest BCUT2D eigenvalue weighted by atomic mass is 16.3. The number of ketones is 1. The Balaban J connectivity index is 1.95. The summed E-state index contributed by atoms with van der Waals surface area (Å²) in [6.07, 6.45) is 4.35. The first kappa shape index (κ1) is 17.4. The summed E-state index contributed by atoms with van der Waals surface area (Å²) in [5.74, 6) is -0.424. The first-order chi connectivity index (χ1) is 10.9. The maximum atomic E-state index is 12.3. The van der Waals surface area contributed by atoms with E-state index in [1.807, 2.05) is 0 Å². The van der Waals surface area contributed by atoms with Gasteiger partial charge in [-0.05, 0) is 38.2 Å². The van der Waals surface area contributed by atoms with Gasteiger partial charge in [-0.25, -0.2) is 0 Å². The smallest absolute Gasteiger partial charge is 0.252 e. The molecule has 0 unspecified atom stereocenters. The van der Waals surface area contributed by atoms with Gasteiger partial charge >= 0.3 is 0 Å². The van der Waals surface area contributed by atoms with Crippen LogP contribution in [0.5, 0.6) is 0 Å². The first-order valence-corrected chi connectivity index (χ1v) is 7.86. The molecule has 2 atom stereocenters. The Bertz CT molecular complexity index is 594. The van der Waals surface area contributed by atoms with Gasteiger partial charge in [-0.15, -0.1) is 0 Å². The van der Waals surface area contributed by atoms with E-state index in [1.54, 1.807) is 36.4 Å². The fourth-order valence-electron chi connectivity index (χ4n) is 2.61. The molecule has 0 heterocycles. The lowest BCUT2D eigenvalue weighted by Crippen LogP contribution is -2.47. The highest BCUT2D eigenvalue weighted by Gasteiger charge is 2.35. The summed E-state index contributed by atoms with van der Waals surface area (Å²) in [4.78, 5) is 23.5. The van der Waals surface area contributed by atoms with Gasteiger partial charge in [0.05, 0.1) is 6.10 Å². The second-order valence-electron chi connectivity index (χ2n) is 6.04. The number of Topliss-reactive ketones (excluding diaryl/α,β-unsaturated/α-hetero) is 1. The third kappa shape index (κ3) is 4.74. The Kier molecular flexibility index (Phi) is 5.69. The predicted octanol–water partition coefficient (Wildman–Crippen LogP) is 1.73. The summed E-state index contributed by atoms with van der Waals surface area (Å²) in [6, 6.07) is 7.00. The molecule has 1 amide bonds. The van der Waals surface area contributed by atoms with Crippen LogP contribution in [0.25, 0.3) is 0 Å². The van der Waals surface area contributed by atoms with E-state index in [0.29, 0.717) is 24.8 Å². The Morgan fingerprint density at radius 1 is 1.26 bits per heavy atom. The molecule has 0 spiro atoms. The number of hydrogen-bond acceptors (Lipinski definition) is 4. The normalized spacial score (nSPS) is 26.0. The van der Waals surface area contributed by atoms with Crippen molar-refractivity contribution in [1.82, 2.24) is 5.32 Å². The number of hydrogen-bond donors (Lipinski definition) is 3. The van der Waals surface area contributed by atoms with E-state index in [4.69, 9.17) is 0 Å². The maximum absolute atomic E-state index is 12.3. The molecule has 3 N–H and O–H groups in total. The van der Waals surface area contributed by atoms with Crippen molar-refractivity contribution in [3.63, 3.8) is 0 Å². The Morgan fingerprint density at radius 2 is 1.96 bits per heavy atom. The summed E-state index contributed by atoms with van der Waals surface area (Å²) >= 11 is 0. The topological polar surface area (TPSA) is 86.6 Å². The average molecular weight is 317 g/mol. The van der Waals surface area contributed by atoms with Crippen LogP contribution in [0.4, 0.5) is 0 Å². The molecule has 5 heteroatoms. The Hall–Kier alpha value is -1.98. The van der Waals surface area contributed by atoms with E-state index in [0.717, 1.165) is 5.56 Å². The van der Waals surface area contributed by atoms with Crippen LogP contribution in [0.15, 0.2) is 36.4 Å². The molecule has 1 aromatic carbocycles. The minimum Gasteiger partial charge on any atom is -0.389 e. The summed E-state index contributed by atoms with van der Waals surface area (Å²) in [6.45, 7) is 1.79. The maximum Gasteiger partial charge on any atom is 0.252 e. The second-order valence-corrected chi connectivity index (χ2v) is 6.04. The number of amides is 1. The average Bonchev–Trinajstić information content (AvgIpc) is 2.53. The number of rotatable bonds is 4. The molecule has 0 saturated heterocycles. The third-order valence-corrected chi connectivity index (χ3v) is 4.17. The molecule has 23 heavy (non-hydrogen) atoms. The monoisotopic (exact) mass is 317 g/mol. The molecule has 0 aliphatic heterocycles. The Morgan fingerprint density at radius 3 is 2.61 bits per heavy atom. The quantitative estimate of drug-likeness (QED) is 0.583. The van der Waals surface area contributed by atoms with Crippen LogP contribution in [0.1, 0.15) is 48.5 Å². The van der Waals surface area contributed by atoms with Gasteiger partial charge < -0.3 is 15.5 Å². The van der Waals surface area contributed by atoms with Crippen LogP contribution in [0.3, 0.4) is 0 Å². The molecule has 0 fully saturated rings. The number of aliphatic hydroxyl groups excluding tert-OH is 1. The first-order valence-electron chi connectivity index (χ1n) is 7.86. The van der Waals surface area contributed by atoms with Gasteiger partial charge in [-0.1, -0.05) is 36.4 Å². The van der Waals surface area contributed by atoms with E-state index < -0.39 is 17.6 Å². The van der Waals surface area contributed by atoms with Crippen molar-refractivity contribution < 1.29 is 19.8 Å². The summed E-state index contributed by atoms with van der Waals surface area (Å²) in [5, 5.41) is 22.9. The van der Waals surface area contributed by atoms with Crippen molar-refractivity contribution in [2.24, 2.45) is 0 Å². The van der Waals surface area contributed by atoms with Gasteiger partial charge in [-0.2, -0.15) is 0 Å². The highest BCUT2D eigenvalue weighted by molar-refractivity contribution is 5.94. The van der Waals surface area contributed by atoms with Crippen molar-refractivity contribution >= 4 is 11.7 Å². The van der Waals surface area contributed by atoms with E-state index in [1.165, 1.54) is 6.92 Å². The van der Waals surface area contributed by atoms with Crippen molar-refractivity contribution in [2.45, 2.75) is 50.9 Å². The van der Waals surface area contributed by atoms with Crippen molar-refractivity contribution in [3.8, 4) is 0 Å². The zero-order chi connectivity index (χ0) is 16.9. The molecule has 1 aromatic rings. The summed E-state index contributed by atoms with van der Waals surface area (Å²) in [7, 11) is 0. The van der Waals surface area contributed by atoms with Crippen molar-refractivity contribution in [1.29, 1.82) is 0 Å².